The number of hydrogen-bond donors (Lipinski definition) is 1. The van der Waals surface area contributed by atoms with E-state index in [-0.39, 0.29) is 0 Å². The Morgan fingerprint density at radius 3 is 2.74 bits per heavy atom. The van der Waals surface area contributed by atoms with Crippen LogP contribution in [0.4, 0.5) is 0 Å². The molecule has 1 aromatic rings. The summed E-state index contributed by atoms with van der Waals surface area (Å²) in [5.41, 5.74) is 1.42. The predicted molar refractivity (Wildman–Crippen MR) is 85.8 cm³/mol. The third-order valence-electron chi connectivity index (χ3n) is 4.10. The van der Waals surface area contributed by atoms with Crippen LogP contribution in [0.1, 0.15) is 31.9 Å². The Morgan fingerprint density at radius 1 is 1.37 bits per heavy atom. The molecule has 0 radical (unpaired) electrons. The molecule has 3 heteroatoms. The summed E-state index contributed by atoms with van der Waals surface area (Å²) in [6.07, 6.45) is 3.44. The molecular formula is C16H26N2S. The first kappa shape index (κ1) is 14.9. The average molecular weight is 278 g/mol. The summed E-state index contributed by atoms with van der Waals surface area (Å²) in [7, 11) is 0. The zero-order valence-electron chi connectivity index (χ0n) is 12.3. The lowest BCUT2D eigenvalue weighted by atomic mass is 10.0. The van der Waals surface area contributed by atoms with E-state index in [0.29, 0.717) is 17.3 Å². The van der Waals surface area contributed by atoms with Crippen molar-refractivity contribution in [1.29, 1.82) is 0 Å². The molecule has 0 aliphatic carbocycles. The first-order valence-corrected chi connectivity index (χ1v) is 8.58. The first-order valence-electron chi connectivity index (χ1n) is 7.29. The lowest BCUT2D eigenvalue weighted by Gasteiger charge is -2.41. The van der Waals surface area contributed by atoms with Crippen molar-refractivity contribution >= 4 is 11.8 Å². The number of piperazine rings is 1. The fourth-order valence-electron chi connectivity index (χ4n) is 2.80. The van der Waals surface area contributed by atoms with Gasteiger partial charge in [0, 0.05) is 37.0 Å². The fraction of sp³-hybridized carbons (Fsp3) is 0.625. The van der Waals surface area contributed by atoms with Gasteiger partial charge in [0.15, 0.2) is 0 Å². The Kier molecular flexibility index (Phi) is 5.74. The molecular weight excluding hydrogens is 252 g/mol. The lowest BCUT2D eigenvalue weighted by Crippen LogP contribution is -2.53. The monoisotopic (exact) mass is 278 g/mol. The van der Waals surface area contributed by atoms with Gasteiger partial charge < -0.3 is 5.32 Å². The van der Waals surface area contributed by atoms with E-state index in [1.165, 1.54) is 18.5 Å². The highest BCUT2D eigenvalue weighted by molar-refractivity contribution is 7.99. The molecule has 3 unspecified atom stereocenters. The van der Waals surface area contributed by atoms with Crippen LogP contribution < -0.4 is 5.32 Å². The van der Waals surface area contributed by atoms with Gasteiger partial charge in [0.2, 0.25) is 0 Å². The maximum atomic E-state index is 3.71. The van der Waals surface area contributed by atoms with Gasteiger partial charge in [-0.05, 0) is 18.2 Å². The van der Waals surface area contributed by atoms with Crippen molar-refractivity contribution < 1.29 is 0 Å². The highest BCUT2D eigenvalue weighted by Gasteiger charge is 2.28. The number of rotatable bonds is 5. The molecule has 1 fully saturated rings. The standard InChI is InChI=1S/C16H26N2S/c1-4-15-10-17-16(14-8-6-5-7-9-14)12-18(15)11-13(2)19-3/h5-9,13,15-17H,4,10-12H2,1-3H3. The highest BCUT2D eigenvalue weighted by atomic mass is 32.2. The molecule has 0 bridgehead atoms. The van der Waals surface area contributed by atoms with Crippen molar-refractivity contribution in [1.82, 2.24) is 10.2 Å². The maximum Gasteiger partial charge on any atom is 0.0449 e. The summed E-state index contributed by atoms with van der Waals surface area (Å²) in [5, 5.41) is 4.42. The summed E-state index contributed by atoms with van der Waals surface area (Å²) in [6, 6.07) is 12.0. The van der Waals surface area contributed by atoms with Crippen LogP contribution in [0.25, 0.3) is 0 Å². The predicted octanol–water partition coefficient (Wildman–Crippen LogP) is 3.16. The Hall–Kier alpha value is -0.510. The smallest absolute Gasteiger partial charge is 0.0449 e. The van der Waals surface area contributed by atoms with E-state index >= 15 is 0 Å². The normalized spacial score (nSPS) is 26.3. The Bertz CT molecular complexity index is 368. The second-order valence-corrected chi connectivity index (χ2v) is 6.71. The van der Waals surface area contributed by atoms with Gasteiger partial charge in [0.1, 0.15) is 0 Å². The van der Waals surface area contributed by atoms with Gasteiger partial charge in [-0.15, -0.1) is 0 Å². The van der Waals surface area contributed by atoms with Crippen molar-refractivity contribution in [3.8, 4) is 0 Å². The molecule has 0 amide bonds. The van der Waals surface area contributed by atoms with Gasteiger partial charge in [-0.25, -0.2) is 0 Å². The molecule has 1 aliphatic rings. The molecule has 0 saturated carbocycles. The average Bonchev–Trinajstić information content (AvgIpc) is 2.48. The van der Waals surface area contributed by atoms with Gasteiger partial charge in [0.05, 0.1) is 0 Å². The summed E-state index contributed by atoms with van der Waals surface area (Å²) in [5.74, 6) is 0. The minimum Gasteiger partial charge on any atom is -0.307 e. The van der Waals surface area contributed by atoms with Crippen molar-refractivity contribution in [2.24, 2.45) is 0 Å². The molecule has 1 saturated heterocycles. The van der Waals surface area contributed by atoms with E-state index in [2.05, 4.69) is 60.7 Å². The van der Waals surface area contributed by atoms with Gasteiger partial charge in [-0.2, -0.15) is 11.8 Å². The van der Waals surface area contributed by atoms with Gasteiger partial charge in [0.25, 0.3) is 0 Å². The molecule has 1 aliphatic heterocycles. The van der Waals surface area contributed by atoms with Crippen LogP contribution in [-0.2, 0) is 0 Å². The SMILES string of the molecule is CCC1CNC(c2ccccc2)CN1CC(C)SC. The van der Waals surface area contributed by atoms with Gasteiger partial charge >= 0.3 is 0 Å². The summed E-state index contributed by atoms with van der Waals surface area (Å²) < 4.78 is 0. The number of benzene rings is 1. The van der Waals surface area contributed by atoms with E-state index in [0.717, 1.165) is 13.1 Å². The van der Waals surface area contributed by atoms with Gasteiger partial charge in [-0.1, -0.05) is 44.2 Å². The Labute approximate surface area is 122 Å². The van der Waals surface area contributed by atoms with E-state index in [4.69, 9.17) is 0 Å². The molecule has 2 nitrogen and oxygen atoms in total. The van der Waals surface area contributed by atoms with E-state index in [9.17, 15) is 0 Å². The van der Waals surface area contributed by atoms with Crippen LogP contribution in [0.5, 0.6) is 0 Å². The summed E-state index contributed by atoms with van der Waals surface area (Å²) in [6.45, 7) is 8.07. The van der Waals surface area contributed by atoms with Crippen LogP contribution in [0.15, 0.2) is 30.3 Å². The topological polar surface area (TPSA) is 15.3 Å². The second-order valence-electron chi connectivity index (χ2n) is 5.43. The molecule has 1 aromatic carbocycles. The molecule has 1 N–H and O–H groups in total. The lowest BCUT2D eigenvalue weighted by molar-refractivity contribution is 0.128. The van der Waals surface area contributed by atoms with Crippen LogP contribution in [-0.4, -0.2) is 42.1 Å². The third-order valence-corrected chi connectivity index (χ3v) is 5.05. The van der Waals surface area contributed by atoms with Crippen molar-refractivity contribution in [3.05, 3.63) is 35.9 Å². The van der Waals surface area contributed by atoms with E-state index in [1.54, 1.807) is 0 Å². The van der Waals surface area contributed by atoms with Crippen molar-refractivity contribution in [2.45, 2.75) is 37.6 Å². The van der Waals surface area contributed by atoms with E-state index in [1.807, 2.05) is 11.8 Å². The van der Waals surface area contributed by atoms with Crippen LogP contribution in [0, 0.1) is 0 Å². The van der Waals surface area contributed by atoms with Crippen LogP contribution in [0.3, 0.4) is 0 Å². The maximum absolute atomic E-state index is 3.71. The first-order chi connectivity index (χ1) is 9.24. The minimum atomic E-state index is 0.484. The largest absolute Gasteiger partial charge is 0.307 e. The zero-order valence-corrected chi connectivity index (χ0v) is 13.1. The Balaban J connectivity index is 2.03. The highest BCUT2D eigenvalue weighted by Crippen LogP contribution is 2.22. The number of thioether (sulfide) groups is 1. The molecule has 3 atom stereocenters. The molecule has 19 heavy (non-hydrogen) atoms. The second kappa shape index (κ2) is 7.32. The Morgan fingerprint density at radius 2 is 2.11 bits per heavy atom. The fourth-order valence-corrected chi connectivity index (χ4v) is 3.14. The molecule has 0 spiro atoms. The van der Waals surface area contributed by atoms with Crippen molar-refractivity contribution in [2.75, 3.05) is 25.9 Å². The molecule has 1 heterocycles. The number of hydrogen-bond acceptors (Lipinski definition) is 3. The molecule has 106 valence electrons. The van der Waals surface area contributed by atoms with Gasteiger partial charge in [-0.3, -0.25) is 4.90 Å². The van der Waals surface area contributed by atoms with Crippen molar-refractivity contribution in [3.63, 3.8) is 0 Å². The van der Waals surface area contributed by atoms with E-state index < -0.39 is 0 Å². The quantitative estimate of drug-likeness (QED) is 0.890. The molecule has 2 rings (SSSR count). The summed E-state index contributed by atoms with van der Waals surface area (Å²) >= 11 is 1.97. The zero-order chi connectivity index (χ0) is 13.7. The number of nitrogens with one attached hydrogen (secondary N) is 1. The minimum absolute atomic E-state index is 0.484. The summed E-state index contributed by atoms with van der Waals surface area (Å²) in [4.78, 5) is 2.68. The van der Waals surface area contributed by atoms with Crippen LogP contribution in [0.2, 0.25) is 0 Å². The molecule has 0 aromatic heterocycles. The number of nitrogens with zero attached hydrogens (tertiary/aromatic N) is 1. The third kappa shape index (κ3) is 3.98. The van der Waals surface area contributed by atoms with Crippen LogP contribution >= 0.6 is 11.8 Å².